The van der Waals surface area contributed by atoms with Gasteiger partial charge in [0.2, 0.25) is 0 Å². The van der Waals surface area contributed by atoms with Crippen LogP contribution in [0.4, 0.5) is 0 Å². The standard InChI is InChI=1S/C18H18O2/c1-2-4-14(5-3-1)13-20-15-6-7-17-16(12-15)18(8-9-18)10-11-19-17/h1-7,12H,8-11,13H2. The summed E-state index contributed by atoms with van der Waals surface area (Å²) in [7, 11) is 0. The summed E-state index contributed by atoms with van der Waals surface area (Å²) in [6.07, 6.45) is 3.75. The maximum absolute atomic E-state index is 5.92. The topological polar surface area (TPSA) is 18.5 Å². The fourth-order valence-electron chi connectivity index (χ4n) is 3.04. The fraction of sp³-hybridized carbons (Fsp3) is 0.333. The Morgan fingerprint density at radius 1 is 1.00 bits per heavy atom. The second kappa shape index (κ2) is 4.55. The highest BCUT2D eigenvalue weighted by molar-refractivity contribution is 5.49. The van der Waals surface area contributed by atoms with Crippen LogP contribution < -0.4 is 9.47 Å². The van der Waals surface area contributed by atoms with Crippen LogP contribution in [0, 0.1) is 0 Å². The third-order valence-electron chi connectivity index (χ3n) is 4.46. The number of fused-ring (bicyclic) bond motifs is 2. The van der Waals surface area contributed by atoms with Gasteiger partial charge in [0, 0.05) is 11.0 Å². The SMILES string of the molecule is c1ccc(COc2ccc3c(c2)C2(CCO3)CC2)cc1. The van der Waals surface area contributed by atoms with Crippen molar-refractivity contribution < 1.29 is 9.47 Å². The zero-order chi connectivity index (χ0) is 13.4. The lowest BCUT2D eigenvalue weighted by Gasteiger charge is -2.26. The third kappa shape index (κ3) is 2.05. The molecule has 20 heavy (non-hydrogen) atoms. The van der Waals surface area contributed by atoms with Gasteiger partial charge >= 0.3 is 0 Å². The first kappa shape index (κ1) is 11.8. The van der Waals surface area contributed by atoms with Crippen LogP contribution in [-0.2, 0) is 12.0 Å². The average molecular weight is 266 g/mol. The Balaban J connectivity index is 1.55. The summed E-state index contributed by atoms with van der Waals surface area (Å²) in [5.41, 5.74) is 2.96. The second-order valence-corrected chi connectivity index (χ2v) is 5.81. The van der Waals surface area contributed by atoms with Crippen molar-refractivity contribution in [2.75, 3.05) is 6.61 Å². The van der Waals surface area contributed by atoms with Crippen molar-refractivity contribution >= 4 is 0 Å². The summed E-state index contributed by atoms with van der Waals surface area (Å²) >= 11 is 0. The van der Waals surface area contributed by atoms with Gasteiger partial charge in [0.05, 0.1) is 6.61 Å². The van der Waals surface area contributed by atoms with Gasteiger partial charge in [0.1, 0.15) is 18.1 Å². The normalized spacial score (nSPS) is 18.2. The smallest absolute Gasteiger partial charge is 0.123 e. The van der Waals surface area contributed by atoms with E-state index < -0.39 is 0 Å². The molecule has 0 saturated heterocycles. The van der Waals surface area contributed by atoms with Crippen molar-refractivity contribution in [1.82, 2.24) is 0 Å². The number of hydrogen-bond acceptors (Lipinski definition) is 2. The van der Waals surface area contributed by atoms with Crippen molar-refractivity contribution in [3.8, 4) is 11.5 Å². The van der Waals surface area contributed by atoms with Crippen LogP contribution in [0.2, 0.25) is 0 Å². The maximum Gasteiger partial charge on any atom is 0.123 e. The van der Waals surface area contributed by atoms with Gasteiger partial charge in [-0.05, 0) is 43.0 Å². The summed E-state index contributed by atoms with van der Waals surface area (Å²) in [4.78, 5) is 0. The largest absolute Gasteiger partial charge is 0.493 e. The van der Waals surface area contributed by atoms with E-state index in [1.165, 1.54) is 24.0 Å². The Labute approximate surface area is 119 Å². The Bertz CT molecular complexity index is 615. The molecule has 1 fully saturated rings. The van der Waals surface area contributed by atoms with Gasteiger partial charge in [-0.2, -0.15) is 0 Å². The summed E-state index contributed by atoms with van der Waals surface area (Å²) in [6.45, 7) is 1.48. The molecule has 0 radical (unpaired) electrons. The minimum absolute atomic E-state index is 0.402. The van der Waals surface area contributed by atoms with Crippen LogP contribution in [0.15, 0.2) is 48.5 Å². The quantitative estimate of drug-likeness (QED) is 0.833. The van der Waals surface area contributed by atoms with Gasteiger partial charge in [0.25, 0.3) is 0 Å². The lowest BCUT2D eigenvalue weighted by atomic mass is 9.90. The van der Waals surface area contributed by atoms with Crippen LogP contribution >= 0.6 is 0 Å². The van der Waals surface area contributed by atoms with Gasteiger partial charge in [-0.15, -0.1) is 0 Å². The molecule has 1 spiro atoms. The molecule has 2 nitrogen and oxygen atoms in total. The van der Waals surface area contributed by atoms with E-state index in [0.29, 0.717) is 12.0 Å². The average Bonchev–Trinajstić information content (AvgIpc) is 3.27. The van der Waals surface area contributed by atoms with Crippen molar-refractivity contribution in [3.63, 3.8) is 0 Å². The highest BCUT2D eigenvalue weighted by atomic mass is 16.5. The molecule has 1 aliphatic carbocycles. The van der Waals surface area contributed by atoms with Gasteiger partial charge in [-0.25, -0.2) is 0 Å². The molecule has 1 saturated carbocycles. The lowest BCUT2D eigenvalue weighted by molar-refractivity contribution is 0.257. The monoisotopic (exact) mass is 266 g/mol. The number of rotatable bonds is 3. The number of hydrogen-bond donors (Lipinski definition) is 0. The lowest BCUT2D eigenvalue weighted by Crippen LogP contribution is -2.19. The van der Waals surface area contributed by atoms with Crippen molar-refractivity contribution in [2.24, 2.45) is 0 Å². The molecule has 0 atom stereocenters. The van der Waals surface area contributed by atoms with E-state index >= 15 is 0 Å². The highest BCUT2D eigenvalue weighted by Crippen LogP contribution is 2.56. The minimum atomic E-state index is 0.402. The van der Waals surface area contributed by atoms with E-state index in [1.54, 1.807) is 0 Å². The van der Waals surface area contributed by atoms with E-state index in [-0.39, 0.29) is 0 Å². The van der Waals surface area contributed by atoms with Gasteiger partial charge in [-0.1, -0.05) is 30.3 Å². The minimum Gasteiger partial charge on any atom is -0.493 e. The molecule has 2 heteroatoms. The van der Waals surface area contributed by atoms with Crippen LogP contribution in [0.5, 0.6) is 11.5 Å². The first-order valence-electron chi connectivity index (χ1n) is 7.30. The van der Waals surface area contributed by atoms with E-state index in [4.69, 9.17) is 9.47 Å². The number of benzene rings is 2. The molecular formula is C18H18O2. The number of ether oxygens (including phenoxy) is 2. The molecule has 0 unspecified atom stereocenters. The molecule has 0 aromatic heterocycles. The summed E-state index contributed by atoms with van der Waals surface area (Å²) < 4.78 is 11.7. The molecule has 4 rings (SSSR count). The Morgan fingerprint density at radius 2 is 1.85 bits per heavy atom. The molecule has 2 aromatic carbocycles. The summed E-state index contributed by atoms with van der Waals surface area (Å²) in [5.74, 6) is 2.00. The molecule has 1 heterocycles. The van der Waals surface area contributed by atoms with Gasteiger partial charge < -0.3 is 9.47 Å². The van der Waals surface area contributed by atoms with Crippen LogP contribution in [-0.4, -0.2) is 6.61 Å². The fourth-order valence-corrected chi connectivity index (χ4v) is 3.04. The first-order valence-corrected chi connectivity index (χ1v) is 7.30. The van der Waals surface area contributed by atoms with Crippen LogP contribution in [0.25, 0.3) is 0 Å². The molecular weight excluding hydrogens is 248 g/mol. The molecule has 0 bridgehead atoms. The van der Waals surface area contributed by atoms with E-state index in [0.717, 1.165) is 24.5 Å². The Morgan fingerprint density at radius 3 is 2.65 bits per heavy atom. The van der Waals surface area contributed by atoms with E-state index in [9.17, 15) is 0 Å². The Hall–Kier alpha value is -1.96. The van der Waals surface area contributed by atoms with Gasteiger partial charge in [0.15, 0.2) is 0 Å². The third-order valence-corrected chi connectivity index (χ3v) is 4.46. The highest BCUT2D eigenvalue weighted by Gasteiger charge is 2.47. The molecule has 2 aliphatic rings. The molecule has 0 N–H and O–H groups in total. The predicted octanol–water partition coefficient (Wildman–Crippen LogP) is 4.08. The molecule has 1 aliphatic heterocycles. The van der Waals surface area contributed by atoms with Crippen LogP contribution in [0.1, 0.15) is 30.4 Å². The van der Waals surface area contributed by atoms with Crippen molar-refractivity contribution in [3.05, 3.63) is 59.7 Å². The Kier molecular flexibility index (Phi) is 2.69. The predicted molar refractivity (Wildman–Crippen MR) is 78.2 cm³/mol. The first-order chi connectivity index (χ1) is 9.86. The molecule has 0 amide bonds. The zero-order valence-corrected chi connectivity index (χ0v) is 11.5. The van der Waals surface area contributed by atoms with Gasteiger partial charge in [-0.3, -0.25) is 0 Å². The summed E-state index contributed by atoms with van der Waals surface area (Å²) in [6, 6.07) is 16.5. The zero-order valence-electron chi connectivity index (χ0n) is 11.5. The molecule has 102 valence electrons. The van der Waals surface area contributed by atoms with E-state index in [2.05, 4.69) is 24.3 Å². The van der Waals surface area contributed by atoms with Crippen LogP contribution in [0.3, 0.4) is 0 Å². The molecule has 2 aromatic rings. The van der Waals surface area contributed by atoms with Crippen molar-refractivity contribution in [1.29, 1.82) is 0 Å². The second-order valence-electron chi connectivity index (χ2n) is 5.81. The van der Waals surface area contributed by atoms with Crippen molar-refractivity contribution in [2.45, 2.75) is 31.3 Å². The van der Waals surface area contributed by atoms with E-state index in [1.807, 2.05) is 24.3 Å². The summed E-state index contributed by atoms with van der Waals surface area (Å²) in [5, 5.41) is 0. The maximum atomic E-state index is 5.92.